The van der Waals surface area contributed by atoms with Crippen LogP contribution in [0.3, 0.4) is 0 Å². The highest BCUT2D eigenvalue weighted by molar-refractivity contribution is 5.96. The van der Waals surface area contributed by atoms with Gasteiger partial charge in [-0.15, -0.1) is 0 Å². The van der Waals surface area contributed by atoms with E-state index in [1.165, 1.54) is 25.8 Å². The summed E-state index contributed by atoms with van der Waals surface area (Å²) in [4.78, 5) is 23.2. The van der Waals surface area contributed by atoms with Gasteiger partial charge in [0, 0.05) is 30.3 Å². The number of unbranched alkanes of at least 4 members (excludes halogenated alkanes) is 2. The van der Waals surface area contributed by atoms with Crippen LogP contribution in [-0.2, 0) is 6.54 Å². The first-order valence-electron chi connectivity index (χ1n) is 12.8. The number of fused-ring (bicyclic) bond motifs is 1. The van der Waals surface area contributed by atoms with E-state index in [0.29, 0.717) is 29.4 Å². The Balaban J connectivity index is 1.47. The molecule has 1 aliphatic heterocycles. The van der Waals surface area contributed by atoms with E-state index in [-0.39, 0.29) is 11.4 Å². The van der Waals surface area contributed by atoms with Gasteiger partial charge < -0.3 is 15.2 Å². The lowest BCUT2D eigenvalue weighted by Crippen LogP contribution is -2.45. The summed E-state index contributed by atoms with van der Waals surface area (Å²) in [5.41, 5.74) is 8.94. The summed E-state index contributed by atoms with van der Waals surface area (Å²) >= 11 is 0. The van der Waals surface area contributed by atoms with Gasteiger partial charge in [-0.2, -0.15) is 0 Å². The molecule has 35 heavy (non-hydrogen) atoms. The molecule has 2 heterocycles. The Morgan fingerprint density at radius 2 is 1.89 bits per heavy atom. The van der Waals surface area contributed by atoms with Crippen molar-refractivity contribution in [1.82, 2.24) is 19.4 Å². The van der Waals surface area contributed by atoms with E-state index >= 15 is 0 Å². The van der Waals surface area contributed by atoms with Gasteiger partial charge in [-0.25, -0.2) is 4.98 Å². The van der Waals surface area contributed by atoms with Crippen molar-refractivity contribution in [3.05, 3.63) is 64.4 Å². The summed E-state index contributed by atoms with van der Waals surface area (Å²) in [5.74, 6) is -0.0190. The number of amidine groups is 1. The fourth-order valence-electron chi connectivity index (χ4n) is 5.18. The summed E-state index contributed by atoms with van der Waals surface area (Å²) in [6.45, 7) is 4.14. The number of aryl methyl sites for hydroxylation is 1. The van der Waals surface area contributed by atoms with Gasteiger partial charge in [-0.05, 0) is 71.1 Å². The monoisotopic (exact) mass is 474 g/mol. The third-order valence-electron chi connectivity index (χ3n) is 6.95. The number of piperidine rings is 1. The van der Waals surface area contributed by atoms with Gasteiger partial charge in [0.1, 0.15) is 11.5 Å². The summed E-state index contributed by atoms with van der Waals surface area (Å²) in [6.07, 6.45) is 7.12. The average Bonchev–Trinajstić information content (AvgIpc) is 2.85. The quantitative estimate of drug-likeness (QED) is 0.264. The summed E-state index contributed by atoms with van der Waals surface area (Å²) < 4.78 is 1.87. The van der Waals surface area contributed by atoms with Crippen molar-refractivity contribution in [2.75, 3.05) is 33.7 Å². The van der Waals surface area contributed by atoms with E-state index in [9.17, 15) is 4.79 Å². The van der Waals surface area contributed by atoms with Crippen LogP contribution in [0.5, 0.6) is 0 Å². The van der Waals surface area contributed by atoms with Gasteiger partial charge in [-0.1, -0.05) is 43.2 Å². The SMILES string of the molecule is CN(C)CC1CCCCN1CCCCCn1c(=O)c(-c2cccc(C(=N)N)c2)nc2ccccc21. The molecule has 1 fully saturated rings. The number of likely N-dealkylation sites (N-methyl/N-ethyl adjacent to an activating group) is 1. The van der Waals surface area contributed by atoms with Crippen molar-refractivity contribution >= 4 is 16.9 Å². The molecule has 1 atom stereocenters. The molecule has 0 radical (unpaired) electrons. The standard InChI is InChI=1S/C28H38N6O/c1-32(2)20-23-13-6-9-17-33(23)16-7-3-8-18-34-25-15-5-4-14-24(25)31-26(28(34)35)21-11-10-12-22(19-21)27(29)30/h4-5,10-12,14-15,19,23H,3,6-9,13,16-18,20H2,1-2H3,(H3,29,30). The highest BCUT2D eigenvalue weighted by Gasteiger charge is 2.22. The first kappa shape index (κ1) is 25.1. The van der Waals surface area contributed by atoms with Gasteiger partial charge in [-0.3, -0.25) is 15.1 Å². The van der Waals surface area contributed by atoms with E-state index in [1.807, 2.05) is 41.0 Å². The molecule has 1 saturated heterocycles. The molecule has 186 valence electrons. The minimum atomic E-state index is -0.0912. The normalized spacial score (nSPS) is 16.7. The van der Waals surface area contributed by atoms with E-state index in [2.05, 4.69) is 28.9 Å². The van der Waals surface area contributed by atoms with Crippen molar-refractivity contribution in [2.45, 2.75) is 51.1 Å². The van der Waals surface area contributed by atoms with Gasteiger partial charge in [0.15, 0.2) is 0 Å². The van der Waals surface area contributed by atoms with Crippen LogP contribution in [0.15, 0.2) is 53.3 Å². The van der Waals surface area contributed by atoms with Crippen LogP contribution in [-0.4, -0.2) is 65.0 Å². The highest BCUT2D eigenvalue weighted by Crippen LogP contribution is 2.21. The zero-order chi connectivity index (χ0) is 24.8. The van der Waals surface area contributed by atoms with Crippen molar-refractivity contribution in [3.8, 4) is 11.3 Å². The fourth-order valence-corrected chi connectivity index (χ4v) is 5.18. The van der Waals surface area contributed by atoms with E-state index < -0.39 is 0 Å². The van der Waals surface area contributed by atoms with Gasteiger partial charge >= 0.3 is 0 Å². The van der Waals surface area contributed by atoms with Crippen LogP contribution >= 0.6 is 0 Å². The molecule has 0 saturated carbocycles. The van der Waals surface area contributed by atoms with Crippen LogP contribution in [0.4, 0.5) is 0 Å². The number of para-hydroxylation sites is 2. The molecule has 0 bridgehead atoms. The largest absolute Gasteiger partial charge is 0.384 e. The molecule has 0 aliphatic carbocycles. The Kier molecular flexibility index (Phi) is 8.31. The molecule has 7 heteroatoms. The Hall–Kier alpha value is -3.03. The summed E-state index contributed by atoms with van der Waals surface area (Å²) in [7, 11) is 4.32. The van der Waals surface area contributed by atoms with E-state index in [4.69, 9.17) is 11.1 Å². The average molecular weight is 475 g/mol. The number of aromatic nitrogens is 2. The molecular weight excluding hydrogens is 436 g/mol. The van der Waals surface area contributed by atoms with Crippen molar-refractivity contribution in [1.29, 1.82) is 5.41 Å². The molecule has 3 aromatic rings. The van der Waals surface area contributed by atoms with Gasteiger partial charge in [0.2, 0.25) is 0 Å². The Labute approximate surface area is 208 Å². The smallest absolute Gasteiger partial charge is 0.277 e. The van der Waals surface area contributed by atoms with Gasteiger partial charge in [0.05, 0.1) is 11.0 Å². The van der Waals surface area contributed by atoms with Crippen molar-refractivity contribution in [2.24, 2.45) is 5.73 Å². The molecule has 3 N–H and O–H groups in total. The van der Waals surface area contributed by atoms with Crippen LogP contribution < -0.4 is 11.3 Å². The fraction of sp³-hybridized carbons (Fsp3) is 0.464. The molecule has 4 rings (SSSR count). The number of nitrogen functional groups attached to an aromatic ring is 1. The topological polar surface area (TPSA) is 91.2 Å². The van der Waals surface area contributed by atoms with Crippen molar-refractivity contribution in [3.63, 3.8) is 0 Å². The van der Waals surface area contributed by atoms with E-state index in [0.717, 1.165) is 43.4 Å². The van der Waals surface area contributed by atoms with Crippen LogP contribution in [0, 0.1) is 5.41 Å². The number of rotatable bonds is 10. The maximum absolute atomic E-state index is 13.5. The number of hydrogen-bond acceptors (Lipinski definition) is 5. The number of benzene rings is 2. The van der Waals surface area contributed by atoms with Crippen LogP contribution in [0.1, 0.15) is 44.1 Å². The maximum Gasteiger partial charge on any atom is 0.277 e. The van der Waals surface area contributed by atoms with E-state index in [1.54, 1.807) is 12.1 Å². The third-order valence-corrected chi connectivity index (χ3v) is 6.95. The second-order valence-corrected chi connectivity index (χ2v) is 9.91. The predicted molar refractivity (Wildman–Crippen MR) is 144 cm³/mol. The number of hydrogen-bond donors (Lipinski definition) is 2. The number of nitrogens with zero attached hydrogens (tertiary/aromatic N) is 4. The minimum absolute atomic E-state index is 0.0190. The summed E-state index contributed by atoms with van der Waals surface area (Å²) in [6, 6.07) is 15.7. The van der Waals surface area contributed by atoms with Gasteiger partial charge in [0.25, 0.3) is 5.56 Å². The number of likely N-dealkylation sites (tertiary alicyclic amines) is 1. The third kappa shape index (κ3) is 6.16. The molecule has 1 aliphatic rings. The zero-order valence-corrected chi connectivity index (χ0v) is 21.0. The second-order valence-electron chi connectivity index (χ2n) is 9.91. The first-order chi connectivity index (χ1) is 16.9. The molecule has 0 spiro atoms. The molecule has 1 unspecified atom stereocenters. The molecule has 1 aromatic heterocycles. The molecule has 7 nitrogen and oxygen atoms in total. The summed E-state index contributed by atoms with van der Waals surface area (Å²) in [5, 5.41) is 7.74. The minimum Gasteiger partial charge on any atom is -0.384 e. The van der Waals surface area contributed by atoms with Crippen LogP contribution in [0.25, 0.3) is 22.3 Å². The lowest BCUT2D eigenvalue weighted by Gasteiger charge is -2.37. The van der Waals surface area contributed by atoms with Crippen LogP contribution in [0.2, 0.25) is 0 Å². The molecule has 0 amide bonds. The maximum atomic E-state index is 13.5. The highest BCUT2D eigenvalue weighted by atomic mass is 16.1. The lowest BCUT2D eigenvalue weighted by atomic mass is 10.0. The Morgan fingerprint density at radius 1 is 1.09 bits per heavy atom. The Bertz CT molecular complexity index is 1220. The zero-order valence-electron chi connectivity index (χ0n) is 21.0. The second kappa shape index (κ2) is 11.6. The molecule has 2 aromatic carbocycles. The molecular formula is C28H38N6O. The van der Waals surface area contributed by atoms with Crippen molar-refractivity contribution < 1.29 is 0 Å². The lowest BCUT2D eigenvalue weighted by molar-refractivity contribution is 0.119. The predicted octanol–water partition coefficient (Wildman–Crippen LogP) is 3.93. The first-order valence-corrected chi connectivity index (χ1v) is 12.8. The Morgan fingerprint density at radius 3 is 2.69 bits per heavy atom. The number of nitrogens with two attached hydrogens (primary N) is 1. The number of nitrogens with one attached hydrogen (secondary N) is 1.